The molecule has 0 heterocycles. The molecule has 0 unspecified atom stereocenters. The molecule has 24 heavy (non-hydrogen) atoms. The van der Waals surface area contributed by atoms with Crippen molar-refractivity contribution in [1.82, 2.24) is 0 Å². The lowest BCUT2D eigenvalue weighted by Gasteiger charge is -2.37. The zero-order valence-corrected chi connectivity index (χ0v) is 15.3. The maximum absolute atomic E-state index is 4.25. The highest BCUT2D eigenvalue weighted by molar-refractivity contribution is 5.34. The molecule has 2 aliphatic carbocycles. The number of benzene rings is 1. The Hall–Kier alpha value is -1.37. The van der Waals surface area contributed by atoms with E-state index in [4.69, 9.17) is 0 Å². The minimum Gasteiger partial charge on any atom is -0.298 e. The van der Waals surface area contributed by atoms with Gasteiger partial charge in [0.1, 0.15) is 0 Å². The summed E-state index contributed by atoms with van der Waals surface area (Å²) in [6.07, 6.45) is 13.9. The van der Waals surface area contributed by atoms with Gasteiger partial charge in [0, 0.05) is 6.04 Å². The summed E-state index contributed by atoms with van der Waals surface area (Å²) in [5, 5.41) is 0. The van der Waals surface area contributed by atoms with Crippen molar-refractivity contribution >= 4 is 6.72 Å². The summed E-state index contributed by atoms with van der Waals surface area (Å²) in [6, 6.07) is 7.68. The average molecular weight is 324 g/mol. The van der Waals surface area contributed by atoms with Gasteiger partial charge < -0.3 is 0 Å². The fraction of sp³-hybridized carbons (Fsp3) is 0.609. The maximum Gasteiger partial charge on any atom is 0.0492 e. The molecule has 0 bridgehead atoms. The van der Waals surface area contributed by atoms with Crippen molar-refractivity contribution in [3.63, 3.8) is 0 Å². The molecule has 2 saturated carbocycles. The third-order valence-electron chi connectivity index (χ3n) is 6.65. The number of aliphatic imine (C=N–C) groups is 1. The number of aryl methyl sites for hydroxylation is 1. The van der Waals surface area contributed by atoms with Crippen LogP contribution in [0.25, 0.3) is 0 Å². The summed E-state index contributed by atoms with van der Waals surface area (Å²) in [5.74, 6) is 2.69. The smallest absolute Gasteiger partial charge is 0.0492 e. The van der Waals surface area contributed by atoms with Crippen molar-refractivity contribution in [3.05, 3.63) is 47.5 Å². The molecule has 0 aliphatic heterocycles. The molecule has 1 heteroatoms. The minimum absolute atomic E-state index is 0.549. The predicted molar refractivity (Wildman–Crippen MR) is 105 cm³/mol. The van der Waals surface area contributed by atoms with E-state index in [1.54, 1.807) is 5.56 Å². The van der Waals surface area contributed by atoms with Crippen molar-refractivity contribution in [2.75, 3.05) is 0 Å². The number of hydrogen-bond donors (Lipinski definition) is 0. The Morgan fingerprint density at radius 3 is 2.21 bits per heavy atom. The van der Waals surface area contributed by atoms with E-state index in [1.807, 2.05) is 6.08 Å². The second-order valence-electron chi connectivity index (χ2n) is 8.04. The molecule has 0 saturated heterocycles. The van der Waals surface area contributed by atoms with Gasteiger partial charge in [-0.3, -0.25) is 4.99 Å². The van der Waals surface area contributed by atoms with Gasteiger partial charge in [0.15, 0.2) is 0 Å². The maximum atomic E-state index is 4.25. The monoisotopic (exact) mass is 323 g/mol. The molecule has 2 aliphatic rings. The van der Waals surface area contributed by atoms with Crippen molar-refractivity contribution in [3.8, 4) is 0 Å². The van der Waals surface area contributed by atoms with Crippen molar-refractivity contribution in [1.29, 1.82) is 0 Å². The normalized spacial score (nSPS) is 30.7. The van der Waals surface area contributed by atoms with E-state index in [9.17, 15) is 0 Å². The summed E-state index contributed by atoms with van der Waals surface area (Å²) in [4.78, 5) is 4.25. The first-order valence-corrected chi connectivity index (χ1v) is 9.87. The number of rotatable bonds is 5. The topological polar surface area (TPSA) is 12.4 Å². The van der Waals surface area contributed by atoms with Crippen LogP contribution in [0, 0.1) is 18.8 Å². The summed E-state index contributed by atoms with van der Waals surface area (Å²) in [5.41, 5.74) is 4.43. The van der Waals surface area contributed by atoms with Crippen LogP contribution in [0.15, 0.2) is 35.8 Å². The summed E-state index contributed by atoms with van der Waals surface area (Å²) >= 11 is 0. The third kappa shape index (κ3) is 3.99. The standard InChI is InChI=1S/C23H33N/c1-4-5-21-16-22(7-6-17(21)2)20-10-8-18(9-11-20)19-12-14-23(24-3)15-13-19/h4,6-7,16,18-20,23H,1,3,5,8-15H2,2H3. The summed E-state index contributed by atoms with van der Waals surface area (Å²) < 4.78 is 0. The van der Waals surface area contributed by atoms with Gasteiger partial charge in [-0.05, 0) is 106 Å². The zero-order chi connectivity index (χ0) is 16.9. The lowest BCUT2D eigenvalue weighted by molar-refractivity contribution is 0.178. The largest absolute Gasteiger partial charge is 0.298 e. The van der Waals surface area contributed by atoms with Crippen LogP contribution in [0.5, 0.6) is 0 Å². The Kier molecular flexibility index (Phi) is 5.92. The molecule has 0 amide bonds. The highest BCUT2D eigenvalue weighted by Crippen LogP contribution is 2.43. The van der Waals surface area contributed by atoms with Gasteiger partial charge in [-0.1, -0.05) is 24.3 Å². The van der Waals surface area contributed by atoms with Crippen LogP contribution in [0.1, 0.15) is 74.0 Å². The molecule has 0 radical (unpaired) electrons. The van der Waals surface area contributed by atoms with Crippen LogP contribution in [0.4, 0.5) is 0 Å². The molecule has 0 spiro atoms. The fourth-order valence-electron chi connectivity index (χ4n) is 5.00. The van der Waals surface area contributed by atoms with Crippen LogP contribution in [-0.2, 0) is 6.42 Å². The van der Waals surface area contributed by atoms with Crippen molar-refractivity contribution < 1.29 is 0 Å². The fourth-order valence-corrected chi connectivity index (χ4v) is 5.00. The van der Waals surface area contributed by atoms with Crippen LogP contribution in [0.3, 0.4) is 0 Å². The molecular formula is C23H33N. The molecule has 1 aromatic carbocycles. The van der Waals surface area contributed by atoms with E-state index in [-0.39, 0.29) is 0 Å². The van der Waals surface area contributed by atoms with E-state index in [1.165, 1.54) is 62.5 Å². The first-order chi connectivity index (χ1) is 11.7. The Labute approximate surface area is 148 Å². The molecule has 0 aromatic heterocycles. The average Bonchev–Trinajstić information content (AvgIpc) is 2.64. The molecule has 1 nitrogen and oxygen atoms in total. The van der Waals surface area contributed by atoms with E-state index in [0.717, 1.165) is 24.2 Å². The van der Waals surface area contributed by atoms with E-state index < -0.39 is 0 Å². The highest BCUT2D eigenvalue weighted by atomic mass is 14.7. The number of nitrogens with zero attached hydrogens (tertiary/aromatic N) is 1. The van der Waals surface area contributed by atoms with Gasteiger partial charge in [-0.2, -0.15) is 0 Å². The highest BCUT2D eigenvalue weighted by Gasteiger charge is 2.31. The van der Waals surface area contributed by atoms with Crippen LogP contribution in [0.2, 0.25) is 0 Å². The second-order valence-corrected chi connectivity index (χ2v) is 8.04. The quantitative estimate of drug-likeness (QED) is 0.448. The first-order valence-electron chi connectivity index (χ1n) is 9.87. The lowest BCUT2D eigenvalue weighted by atomic mass is 9.69. The van der Waals surface area contributed by atoms with Gasteiger partial charge in [-0.25, -0.2) is 0 Å². The third-order valence-corrected chi connectivity index (χ3v) is 6.65. The van der Waals surface area contributed by atoms with Gasteiger partial charge >= 0.3 is 0 Å². The molecule has 2 fully saturated rings. The predicted octanol–water partition coefficient (Wildman–Crippen LogP) is 6.26. The Morgan fingerprint density at radius 2 is 1.62 bits per heavy atom. The lowest BCUT2D eigenvalue weighted by Crippen LogP contribution is -2.26. The molecule has 0 N–H and O–H groups in total. The molecule has 1 aromatic rings. The summed E-state index contributed by atoms with van der Waals surface area (Å²) in [6.45, 7) is 9.85. The zero-order valence-electron chi connectivity index (χ0n) is 15.3. The van der Waals surface area contributed by atoms with Crippen LogP contribution in [-0.4, -0.2) is 12.8 Å². The Morgan fingerprint density at radius 1 is 1.00 bits per heavy atom. The van der Waals surface area contributed by atoms with E-state index >= 15 is 0 Å². The van der Waals surface area contributed by atoms with Crippen LogP contribution < -0.4 is 0 Å². The number of allylic oxidation sites excluding steroid dienone is 1. The number of hydrogen-bond acceptors (Lipinski definition) is 1. The van der Waals surface area contributed by atoms with E-state index in [2.05, 4.69) is 43.4 Å². The van der Waals surface area contributed by atoms with Crippen molar-refractivity contribution in [2.24, 2.45) is 16.8 Å². The van der Waals surface area contributed by atoms with Gasteiger partial charge in [0.05, 0.1) is 0 Å². The SMILES string of the molecule is C=CCc1cc(C2CCC(C3CCC(N=C)CC3)CC2)ccc1C. The molecule has 3 rings (SSSR count). The molecular weight excluding hydrogens is 290 g/mol. The molecule has 130 valence electrons. The van der Waals surface area contributed by atoms with Crippen molar-refractivity contribution in [2.45, 2.75) is 76.7 Å². The molecule has 0 atom stereocenters. The van der Waals surface area contributed by atoms with Gasteiger partial charge in [0.25, 0.3) is 0 Å². The van der Waals surface area contributed by atoms with Gasteiger partial charge in [0.2, 0.25) is 0 Å². The first kappa shape index (κ1) is 17.5. The second kappa shape index (κ2) is 8.14. The Bertz CT molecular complexity index is 557. The van der Waals surface area contributed by atoms with Gasteiger partial charge in [-0.15, -0.1) is 6.58 Å². The summed E-state index contributed by atoms with van der Waals surface area (Å²) in [7, 11) is 0. The minimum atomic E-state index is 0.549. The van der Waals surface area contributed by atoms with E-state index in [0.29, 0.717) is 6.04 Å². The Balaban J connectivity index is 1.56. The van der Waals surface area contributed by atoms with Crippen LogP contribution >= 0.6 is 0 Å².